The third-order valence-electron chi connectivity index (χ3n) is 6.29. The number of carbonyl (C=O) groups excluding carboxylic acids is 3. The number of ether oxygens (including phenoxy) is 1. The maximum absolute atomic E-state index is 13.4. The highest BCUT2D eigenvalue weighted by Gasteiger charge is 2.25. The Labute approximate surface area is 254 Å². The summed E-state index contributed by atoms with van der Waals surface area (Å²) in [5, 5.41) is 12.4. The molecule has 1 aromatic heterocycles. The summed E-state index contributed by atoms with van der Waals surface area (Å²) in [6.45, 7) is 3.45. The van der Waals surface area contributed by atoms with Gasteiger partial charge >= 0.3 is 5.97 Å². The third kappa shape index (κ3) is 9.22. The number of nitrogens with zero attached hydrogens (tertiary/aromatic N) is 4. The number of hydrogen-bond acceptors (Lipinski definition) is 6. The van der Waals surface area contributed by atoms with E-state index in [1.54, 1.807) is 47.0 Å². The maximum Gasteiger partial charge on any atom is 0.305 e. The number of amides is 3. The van der Waals surface area contributed by atoms with Crippen LogP contribution in [-0.2, 0) is 14.4 Å². The highest BCUT2D eigenvalue weighted by atomic mass is 35.5. The Bertz CT molecular complexity index is 1410. The lowest BCUT2D eigenvalue weighted by atomic mass is 10.1. The van der Waals surface area contributed by atoms with Gasteiger partial charge in [0.2, 0.25) is 11.8 Å². The molecular formula is C29H33Cl2N5O6. The SMILES string of the molecule is COc1cccc(C(=O)N(CCC(=O)O)CC(=O)N(CCC(C)C)CC(=O)Nc2ccc(-n3cnc(Cl)c3Cl)cc2)c1. The van der Waals surface area contributed by atoms with Crippen LogP contribution in [0.5, 0.6) is 5.75 Å². The van der Waals surface area contributed by atoms with E-state index in [-0.39, 0.29) is 47.8 Å². The van der Waals surface area contributed by atoms with Crippen molar-refractivity contribution in [1.29, 1.82) is 0 Å². The number of methoxy groups -OCH3 is 1. The number of imidazole rings is 1. The van der Waals surface area contributed by atoms with Crippen molar-refractivity contribution < 1.29 is 29.0 Å². The lowest BCUT2D eigenvalue weighted by Gasteiger charge is -2.28. The molecule has 0 atom stereocenters. The first-order chi connectivity index (χ1) is 20.0. The highest BCUT2D eigenvalue weighted by Crippen LogP contribution is 2.24. The van der Waals surface area contributed by atoms with Crippen LogP contribution in [0.15, 0.2) is 54.9 Å². The second kappa shape index (κ2) is 15.2. The van der Waals surface area contributed by atoms with Crippen molar-refractivity contribution in [3.8, 4) is 11.4 Å². The van der Waals surface area contributed by atoms with Crippen LogP contribution in [0.4, 0.5) is 5.69 Å². The molecular weight excluding hydrogens is 585 g/mol. The van der Waals surface area contributed by atoms with E-state index in [4.69, 9.17) is 27.9 Å². The summed E-state index contributed by atoms with van der Waals surface area (Å²) in [5.74, 6) is -1.83. The summed E-state index contributed by atoms with van der Waals surface area (Å²) in [6, 6.07) is 13.2. The van der Waals surface area contributed by atoms with Gasteiger partial charge in [0.1, 0.15) is 18.6 Å². The molecule has 0 bridgehead atoms. The molecule has 0 radical (unpaired) electrons. The molecule has 3 amide bonds. The normalized spacial score (nSPS) is 10.8. The van der Waals surface area contributed by atoms with Crippen LogP contribution in [0.25, 0.3) is 5.69 Å². The number of benzene rings is 2. The van der Waals surface area contributed by atoms with Crippen molar-refractivity contribution >= 4 is 52.6 Å². The zero-order valence-corrected chi connectivity index (χ0v) is 25.1. The molecule has 0 spiro atoms. The zero-order chi connectivity index (χ0) is 30.8. The van der Waals surface area contributed by atoms with Crippen molar-refractivity contribution in [3.05, 3.63) is 70.7 Å². The van der Waals surface area contributed by atoms with E-state index in [2.05, 4.69) is 10.3 Å². The number of nitrogens with one attached hydrogen (secondary N) is 1. The van der Waals surface area contributed by atoms with Crippen LogP contribution in [0.3, 0.4) is 0 Å². The molecule has 224 valence electrons. The number of carboxylic acid groups (broad SMARTS) is 1. The molecule has 0 saturated carbocycles. The second-order valence-corrected chi connectivity index (χ2v) is 10.6. The highest BCUT2D eigenvalue weighted by molar-refractivity contribution is 6.40. The third-order valence-corrected chi connectivity index (χ3v) is 7.02. The van der Waals surface area contributed by atoms with Gasteiger partial charge in [0, 0.05) is 30.0 Å². The molecule has 2 N–H and O–H groups in total. The lowest BCUT2D eigenvalue weighted by Crippen LogP contribution is -2.46. The Morgan fingerprint density at radius 2 is 1.74 bits per heavy atom. The zero-order valence-electron chi connectivity index (χ0n) is 23.5. The summed E-state index contributed by atoms with van der Waals surface area (Å²) in [5.41, 5.74) is 1.44. The van der Waals surface area contributed by atoms with Crippen molar-refractivity contribution in [1.82, 2.24) is 19.4 Å². The monoisotopic (exact) mass is 617 g/mol. The molecule has 42 heavy (non-hydrogen) atoms. The van der Waals surface area contributed by atoms with Gasteiger partial charge in [-0.05, 0) is 54.8 Å². The first kappa shape index (κ1) is 32.4. The number of carbonyl (C=O) groups is 4. The standard InChI is InChI=1S/C29H33Cl2N5O6/c1-19(2)11-13-34(16-24(37)33-21-7-9-22(10-8-21)36-18-32-27(30)28(36)31)25(38)17-35(14-12-26(39)40)29(41)20-5-4-6-23(15-20)42-3/h4-10,15,18-19H,11-14,16-17H2,1-3H3,(H,33,37)(H,39,40). The summed E-state index contributed by atoms with van der Waals surface area (Å²) in [4.78, 5) is 57.5. The minimum atomic E-state index is -1.11. The Hall–Kier alpha value is -4.09. The lowest BCUT2D eigenvalue weighted by molar-refractivity contribution is -0.138. The quantitative estimate of drug-likeness (QED) is 0.269. The number of rotatable bonds is 14. The van der Waals surface area contributed by atoms with Crippen molar-refractivity contribution in [2.24, 2.45) is 5.92 Å². The van der Waals surface area contributed by atoms with Gasteiger partial charge in [-0.3, -0.25) is 23.7 Å². The van der Waals surface area contributed by atoms with Crippen LogP contribution in [-0.4, -0.2) is 81.4 Å². The number of anilines is 1. The molecule has 3 aromatic rings. The number of hydrogen-bond donors (Lipinski definition) is 2. The molecule has 0 saturated heterocycles. The van der Waals surface area contributed by atoms with Gasteiger partial charge in [-0.15, -0.1) is 0 Å². The molecule has 0 aliphatic heterocycles. The molecule has 0 aliphatic rings. The van der Waals surface area contributed by atoms with Gasteiger partial charge in [-0.1, -0.05) is 43.1 Å². The molecule has 2 aromatic carbocycles. The molecule has 1 heterocycles. The minimum Gasteiger partial charge on any atom is -0.497 e. The van der Waals surface area contributed by atoms with Crippen LogP contribution in [0.1, 0.15) is 37.0 Å². The minimum absolute atomic E-state index is 0.173. The predicted molar refractivity (Wildman–Crippen MR) is 159 cm³/mol. The van der Waals surface area contributed by atoms with Crippen molar-refractivity contribution in [3.63, 3.8) is 0 Å². The molecule has 13 heteroatoms. The van der Waals surface area contributed by atoms with E-state index in [0.717, 1.165) is 0 Å². The Morgan fingerprint density at radius 3 is 2.33 bits per heavy atom. The van der Waals surface area contributed by atoms with E-state index < -0.39 is 30.2 Å². The average molecular weight is 619 g/mol. The predicted octanol–water partition coefficient (Wildman–Crippen LogP) is 4.62. The summed E-state index contributed by atoms with van der Waals surface area (Å²) in [7, 11) is 1.46. The first-order valence-electron chi connectivity index (χ1n) is 13.2. The van der Waals surface area contributed by atoms with Gasteiger partial charge in [0.25, 0.3) is 5.91 Å². The van der Waals surface area contributed by atoms with Crippen molar-refractivity contribution in [2.45, 2.75) is 26.7 Å². The summed E-state index contributed by atoms with van der Waals surface area (Å²) >= 11 is 12.1. The topological polar surface area (TPSA) is 134 Å². The summed E-state index contributed by atoms with van der Waals surface area (Å²) in [6.07, 6.45) is 1.76. The van der Waals surface area contributed by atoms with E-state index in [0.29, 0.717) is 23.5 Å². The van der Waals surface area contributed by atoms with E-state index in [1.807, 2.05) is 13.8 Å². The number of carboxylic acids is 1. The molecule has 11 nitrogen and oxygen atoms in total. The smallest absolute Gasteiger partial charge is 0.305 e. The number of halogens is 2. The second-order valence-electron chi connectivity index (χ2n) is 9.89. The Balaban J connectivity index is 1.73. The van der Waals surface area contributed by atoms with Gasteiger partial charge < -0.3 is 25.0 Å². The van der Waals surface area contributed by atoms with Crippen LogP contribution in [0, 0.1) is 5.92 Å². The molecule has 3 rings (SSSR count). The van der Waals surface area contributed by atoms with Crippen LogP contribution in [0.2, 0.25) is 10.3 Å². The van der Waals surface area contributed by atoms with E-state index in [9.17, 15) is 24.3 Å². The first-order valence-corrected chi connectivity index (χ1v) is 14.0. The van der Waals surface area contributed by atoms with Crippen LogP contribution >= 0.6 is 23.2 Å². The summed E-state index contributed by atoms with van der Waals surface area (Å²) < 4.78 is 6.77. The maximum atomic E-state index is 13.4. The fourth-order valence-electron chi connectivity index (χ4n) is 3.96. The van der Waals surface area contributed by atoms with E-state index >= 15 is 0 Å². The van der Waals surface area contributed by atoms with Gasteiger partial charge in [0.05, 0.1) is 20.1 Å². The van der Waals surface area contributed by atoms with Crippen molar-refractivity contribution in [2.75, 3.05) is 38.6 Å². The number of aliphatic carboxylic acids is 1. The van der Waals surface area contributed by atoms with Crippen LogP contribution < -0.4 is 10.1 Å². The van der Waals surface area contributed by atoms with Gasteiger partial charge in [-0.2, -0.15) is 0 Å². The van der Waals surface area contributed by atoms with Gasteiger partial charge in [-0.25, -0.2) is 4.98 Å². The average Bonchev–Trinajstić information content (AvgIpc) is 3.30. The Morgan fingerprint density at radius 1 is 1.02 bits per heavy atom. The van der Waals surface area contributed by atoms with Gasteiger partial charge in [0.15, 0.2) is 10.3 Å². The largest absolute Gasteiger partial charge is 0.497 e. The molecule has 0 fully saturated rings. The molecule has 0 aliphatic carbocycles. The fourth-order valence-corrected chi connectivity index (χ4v) is 4.29. The molecule has 0 unspecified atom stereocenters. The fraction of sp³-hybridized carbons (Fsp3) is 0.345. The number of aromatic nitrogens is 2. The Kier molecular flexibility index (Phi) is 11.8. The van der Waals surface area contributed by atoms with E-state index in [1.165, 1.54) is 29.3 Å².